The van der Waals surface area contributed by atoms with Gasteiger partial charge in [-0.05, 0) is 41.5 Å². The van der Waals surface area contributed by atoms with Crippen LogP contribution in [-0.2, 0) is 21.3 Å². The van der Waals surface area contributed by atoms with E-state index >= 15 is 0 Å². The lowest BCUT2D eigenvalue weighted by atomic mass is 10.0. The highest BCUT2D eigenvalue weighted by atomic mass is 32.2. The van der Waals surface area contributed by atoms with E-state index in [1.165, 1.54) is 12.3 Å². The molecule has 1 amide bonds. The number of pyridine rings is 2. The Morgan fingerprint density at radius 1 is 1.08 bits per heavy atom. The summed E-state index contributed by atoms with van der Waals surface area (Å²) >= 11 is 0. The van der Waals surface area contributed by atoms with E-state index in [2.05, 4.69) is 41.2 Å². The maximum atomic E-state index is 13.0. The van der Waals surface area contributed by atoms with Crippen LogP contribution in [-0.4, -0.2) is 71.9 Å². The van der Waals surface area contributed by atoms with Crippen molar-refractivity contribution < 1.29 is 17.9 Å². The van der Waals surface area contributed by atoms with Gasteiger partial charge in [0.2, 0.25) is 10.0 Å². The van der Waals surface area contributed by atoms with Crippen LogP contribution in [0.2, 0.25) is 0 Å². The summed E-state index contributed by atoms with van der Waals surface area (Å²) in [6.45, 7) is 4.09. The molecule has 0 bridgehead atoms. The zero-order chi connectivity index (χ0) is 25.1. The van der Waals surface area contributed by atoms with Gasteiger partial charge in [-0.25, -0.2) is 13.4 Å². The summed E-state index contributed by atoms with van der Waals surface area (Å²) < 4.78 is 30.4. The molecule has 1 saturated heterocycles. The molecule has 0 aliphatic carbocycles. The molecule has 4 aromatic rings. The first-order chi connectivity index (χ1) is 17.3. The second kappa shape index (κ2) is 10.0. The van der Waals surface area contributed by atoms with Crippen LogP contribution in [0, 0.1) is 0 Å². The van der Waals surface area contributed by atoms with Crippen LogP contribution in [0.15, 0.2) is 55.0 Å². The van der Waals surface area contributed by atoms with Crippen LogP contribution in [0.4, 0.5) is 11.5 Å². The third kappa shape index (κ3) is 5.67. The van der Waals surface area contributed by atoms with Crippen LogP contribution in [0.3, 0.4) is 0 Å². The van der Waals surface area contributed by atoms with E-state index in [1.54, 1.807) is 6.07 Å². The van der Waals surface area contributed by atoms with Crippen LogP contribution in [0.25, 0.3) is 22.0 Å². The number of nitrogens with one attached hydrogen (secondary N) is 3. The standard InChI is InChI=1S/C24H25N7O4S/c1-36(33,34)30-22-5-3-19(14-26-22)27-24(32)23-20-11-17(2-4-21(20)28-29-23)18-10-16(12-25-13-18)15-31-6-8-35-9-7-31/h2-5,10-14H,6-9,15H2,1H3,(H,26,30)(H,27,32)(H,28,29). The fourth-order valence-corrected chi connectivity index (χ4v) is 4.53. The average molecular weight is 508 g/mol. The smallest absolute Gasteiger partial charge is 0.276 e. The van der Waals surface area contributed by atoms with Crippen molar-refractivity contribution in [1.82, 2.24) is 25.1 Å². The SMILES string of the molecule is CS(=O)(=O)Nc1ccc(NC(=O)c2n[nH]c3ccc(-c4cncc(CN5CCOCC5)c4)cc23)cn1. The zero-order valence-electron chi connectivity index (χ0n) is 19.6. The molecular weight excluding hydrogens is 482 g/mol. The second-order valence-electron chi connectivity index (χ2n) is 8.56. The molecule has 186 valence electrons. The third-order valence-corrected chi connectivity index (χ3v) is 6.31. The number of rotatable bonds is 7. The highest BCUT2D eigenvalue weighted by Crippen LogP contribution is 2.26. The monoisotopic (exact) mass is 507 g/mol. The molecule has 0 unspecified atom stereocenters. The highest BCUT2D eigenvalue weighted by molar-refractivity contribution is 7.92. The number of carbonyl (C=O) groups excluding carboxylic acids is 1. The van der Waals surface area contributed by atoms with Gasteiger partial charge in [0.25, 0.3) is 5.91 Å². The molecule has 1 aromatic carbocycles. The Kier molecular flexibility index (Phi) is 6.63. The van der Waals surface area contributed by atoms with Crippen molar-refractivity contribution in [2.24, 2.45) is 0 Å². The van der Waals surface area contributed by atoms with Gasteiger partial charge >= 0.3 is 0 Å². The number of carbonyl (C=O) groups is 1. The topological polar surface area (TPSA) is 142 Å². The normalized spacial score (nSPS) is 14.6. The number of anilines is 2. The quantitative estimate of drug-likeness (QED) is 0.346. The fourth-order valence-electron chi connectivity index (χ4n) is 4.02. The van der Waals surface area contributed by atoms with Crippen LogP contribution in [0.5, 0.6) is 0 Å². The summed E-state index contributed by atoms with van der Waals surface area (Å²) in [5.74, 6) is -0.252. The van der Waals surface area contributed by atoms with Crippen LogP contribution >= 0.6 is 0 Å². The zero-order valence-corrected chi connectivity index (χ0v) is 20.4. The van der Waals surface area contributed by atoms with Crippen molar-refractivity contribution in [2.45, 2.75) is 6.54 Å². The lowest BCUT2D eigenvalue weighted by molar-refractivity contribution is 0.0341. The molecule has 36 heavy (non-hydrogen) atoms. The minimum atomic E-state index is -3.44. The molecule has 1 aliphatic rings. The largest absolute Gasteiger partial charge is 0.379 e. The molecule has 3 aromatic heterocycles. The average Bonchev–Trinajstić information content (AvgIpc) is 3.29. The highest BCUT2D eigenvalue weighted by Gasteiger charge is 2.16. The van der Waals surface area contributed by atoms with Gasteiger partial charge in [0.1, 0.15) is 5.82 Å². The van der Waals surface area contributed by atoms with E-state index in [0.717, 1.165) is 61.3 Å². The number of aromatic amines is 1. The van der Waals surface area contributed by atoms with Crippen molar-refractivity contribution in [3.63, 3.8) is 0 Å². The number of amides is 1. The number of ether oxygens (including phenoxy) is 1. The second-order valence-corrected chi connectivity index (χ2v) is 10.3. The fraction of sp³-hybridized carbons (Fsp3) is 0.250. The summed E-state index contributed by atoms with van der Waals surface area (Å²) in [5.41, 5.74) is 4.36. The van der Waals surface area contributed by atoms with Gasteiger partial charge in [0, 0.05) is 43.0 Å². The Labute approximate surface area is 208 Å². The van der Waals surface area contributed by atoms with E-state index in [0.29, 0.717) is 11.1 Å². The Bertz CT molecular complexity index is 1500. The molecule has 0 radical (unpaired) electrons. The summed E-state index contributed by atoms with van der Waals surface area (Å²) in [7, 11) is -3.44. The molecule has 0 atom stereocenters. The van der Waals surface area contributed by atoms with Crippen molar-refractivity contribution in [3.8, 4) is 11.1 Å². The molecule has 4 heterocycles. The van der Waals surface area contributed by atoms with Crippen LogP contribution in [0.1, 0.15) is 16.1 Å². The first-order valence-corrected chi connectivity index (χ1v) is 13.2. The predicted octanol–water partition coefficient (Wildman–Crippen LogP) is 2.48. The molecular formula is C24H25N7O4S. The number of benzene rings is 1. The van der Waals surface area contributed by atoms with E-state index in [9.17, 15) is 13.2 Å². The number of morpholine rings is 1. The molecule has 1 fully saturated rings. The van der Waals surface area contributed by atoms with Crippen molar-refractivity contribution in [3.05, 3.63) is 66.2 Å². The Balaban J connectivity index is 1.35. The minimum Gasteiger partial charge on any atom is -0.379 e. The van der Waals surface area contributed by atoms with Gasteiger partial charge in [0.15, 0.2) is 5.69 Å². The number of hydrogen-bond acceptors (Lipinski definition) is 8. The number of hydrogen-bond donors (Lipinski definition) is 3. The van der Waals surface area contributed by atoms with Gasteiger partial charge in [-0.1, -0.05) is 6.07 Å². The number of fused-ring (bicyclic) bond motifs is 1. The molecule has 3 N–H and O–H groups in total. The molecule has 5 rings (SSSR count). The van der Waals surface area contributed by atoms with Gasteiger partial charge in [0.05, 0.1) is 36.9 Å². The van der Waals surface area contributed by atoms with Crippen molar-refractivity contribution in [2.75, 3.05) is 42.6 Å². The summed E-state index contributed by atoms with van der Waals surface area (Å²) in [5, 5.41) is 10.5. The lowest BCUT2D eigenvalue weighted by Gasteiger charge is -2.26. The molecule has 0 spiro atoms. The Morgan fingerprint density at radius 2 is 1.92 bits per heavy atom. The van der Waals surface area contributed by atoms with E-state index in [1.807, 2.05) is 30.6 Å². The van der Waals surface area contributed by atoms with Crippen molar-refractivity contribution >= 4 is 38.3 Å². The number of sulfonamides is 1. The van der Waals surface area contributed by atoms with E-state index in [-0.39, 0.29) is 11.5 Å². The van der Waals surface area contributed by atoms with Gasteiger partial charge in [-0.15, -0.1) is 0 Å². The van der Waals surface area contributed by atoms with Gasteiger partial charge in [-0.2, -0.15) is 5.10 Å². The van der Waals surface area contributed by atoms with Gasteiger partial charge < -0.3 is 10.1 Å². The molecule has 0 saturated carbocycles. The number of H-pyrrole nitrogens is 1. The van der Waals surface area contributed by atoms with Crippen LogP contribution < -0.4 is 10.0 Å². The Morgan fingerprint density at radius 3 is 2.67 bits per heavy atom. The predicted molar refractivity (Wildman–Crippen MR) is 136 cm³/mol. The minimum absolute atomic E-state index is 0.162. The summed E-state index contributed by atoms with van der Waals surface area (Å²) in [4.78, 5) is 23.7. The maximum absolute atomic E-state index is 13.0. The van der Waals surface area contributed by atoms with Crippen molar-refractivity contribution in [1.29, 1.82) is 0 Å². The van der Waals surface area contributed by atoms with Gasteiger partial charge in [-0.3, -0.25) is 24.5 Å². The molecule has 1 aliphatic heterocycles. The molecule has 11 nitrogen and oxygen atoms in total. The summed E-state index contributed by atoms with van der Waals surface area (Å²) in [6.07, 6.45) is 6.09. The van der Waals surface area contributed by atoms with E-state index in [4.69, 9.17) is 4.74 Å². The number of nitrogens with zero attached hydrogens (tertiary/aromatic N) is 4. The van der Waals surface area contributed by atoms with E-state index < -0.39 is 15.9 Å². The first-order valence-electron chi connectivity index (χ1n) is 11.3. The molecule has 12 heteroatoms. The third-order valence-electron chi connectivity index (χ3n) is 5.73. The first kappa shape index (κ1) is 23.9. The number of aromatic nitrogens is 4. The lowest BCUT2D eigenvalue weighted by Crippen LogP contribution is -2.35. The Hall–Kier alpha value is -3.87. The summed E-state index contributed by atoms with van der Waals surface area (Å²) in [6, 6.07) is 10.9. The maximum Gasteiger partial charge on any atom is 0.276 e.